The van der Waals surface area contributed by atoms with Gasteiger partial charge in [-0.05, 0) is 94.2 Å². The number of halogens is 1. The topological polar surface area (TPSA) is 77.0 Å². The Hall–Kier alpha value is -2.19. The highest BCUT2D eigenvalue weighted by Gasteiger charge is 2.32. The number of rotatable bonds is 13. The molecule has 6 nitrogen and oxygen atoms in total. The van der Waals surface area contributed by atoms with Crippen molar-refractivity contribution in [2.75, 3.05) is 20.5 Å². The largest absolute Gasteiger partial charge is 0.466 e. The number of alkyl carbamates (subject to hydrolysis) is 1. The molecule has 3 rings (SSSR count). The van der Waals surface area contributed by atoms with E-state index in [1.54, 1.807) is 45.7 Å². The molecule has 202 valence electrons. The Balaban J connectivity index is 1.72. The van der Waals surface area contributed by atoms with Gasteiger partial charge in [0.2, 0.25) is 0 Å². The first kappa shape index (κ1) is 29.4. The van der Waals surface area contributed by atoms with Crippen molar-refractivity contribution in [3.8, 4) is 5.75 Å². The summed E-state index contributed by atoms with van der Waals surface area (Å²) >= 11 is 8.30. The lowest BCUT2D eigenvalue weighted by Crippen LogP contribution is -2.52. The molecule has 1 atom stereocenters. The molecular weight excluding hydrogens is 510 g/mol. The van der Waals surface area contributed by atoms with Crippen LogP contribution >= 0.6 is 23.4 Å². The van der Waals surface area contributed by atoms with Gasteiger partial charge < -0.3 is 24.6 Å². The van der Waals surface area contributed by atoms with Gasteiger partial charge in [0.1, 0.15) is 11.4 Å². The molecule has 37 heavy (non-hydrogen) atoms. The number of hydrogen-bond donors (Lipinski definition) is 2. The van der Waals surface area contributed by atoms with Crippen molar-refractivity contribution in [2.45, 2.75) is 79.7 Å². The molecule has 0 bridgehead atoms. The summed E-state index contributed by atoms with van der Waals surface area (Å²) in [7, 11) is 1.60. The van der Waals surface area contributed by atoms with Gasteiger partial charge in [0.25, 0.3) is 0 Å². The smallest absolute Gasteiger partial charge is 0.408 e. The fourth-order valence-corrected chi connectivity index (χ4v) is 5.34. The van der Waals surface area contributed by atoms with Crippen molar-refractivity contribution in [3.05, 3.63) is 65.2 Å². The van der Waals surface area contributed by atoms with Crippen LogP contribution in [0.15, 0.2) is 58.8 Å². The first-order chi connectivity index (χ1) is 17.6. The number of methoxy groups -OCH3 is 1. The maximum absolute atomic E-state index is 12.4. The average Bonchev–Trinajstić information content (AvgIpc) is 3.67. The standard InChI is InChI=1S/C29H38ClNO5S/c1-6-14-29(18-32,31-27(33)36-28(2,3)4)15-13-21-9-11-23(17-24(21)30)37-26-16-22(20-7-8-20)10-12-25(26)35-19-34-5/h6,9-12,16-17,20,32H,1,7-8,13-15,18-19H2,2-5H3,(H,31,33)/t29-/m0/s1. The number of ether oxygens (including phenoxy) is 3. The van der Waals surface area contributed by atoms with E-state index in [0.717, 1.165) is 21.1 Å². The van der Waals surface area contributed by atoms with Crippen LogP contribution < -0.4 is 10.1 Å². The Bertz CT molecular complexity index is 1080. The SMILES string of the molecule is C=CC[C@@](CO)(CCc1ccc(Sc2cc(C3CC3)ccc2OCOC)cc1Cl)NC(=O)OC(C)(C)C. The lowest BCUT2D eigenvalue weighted by molar-refractivity contribution is 0.0389. The number of hydrogen-bond acceptors (Lipinski definition) is 6. The number of nitrogens with one attached hydrogen (secondary N) is 1. The molecule has 2 aromatic rings. The first-order valence-electron chi connectivity index (χ1n) is 12.5. The van der Waals surface area contributed by atoms with Gasteiger partial charge >= 0.3 is 6.09 Å². The third-order valence-corrected chi connectivity index (χ3v) is 7.46. The van der Waals surface area contributed by atoms with Crippen LogP contribution in [0.3, 0.4) is 0 Å². The van der Waals surface area contributed by atoms with E-state index in [4.69, 9.17) is 25.8 Å². The van der Waals surface area contributed by atoms with Crippen molar-refractivity contribution in [2.24, 2.45) is 0 Å². The predicted molar refractivity (Wildman–Crippen MR) is 149 cm³/mol. The molecule has 1 aliphatic rings. The van der Waals surface area contributed by atoms with E-state index in [0.29, 0.717) is 30.2 Å². The molecule has 0 aromatic heterocycles. The van der Waals surface area contributed by atoms with Crippen molar-refractivity contribution in [3.63, 3.8) is 0 Å². The van der Waals surface area contributed by atoms with Crippen molar-refractivity contribution in [1.29, 1.82) is 0 Å². The first-order valence-corrected chi connectivity index (χ1v) is 13.7. The van der Waals surface area contributed by atoms with Crippen LogP contribution in [0.5, 0.6) is 5.75 Å². The van der Waals surface area contributed by atoms with Gasteiger partial charge in [0.05, 0.1) is 17.0 Å². The minimum Gasteiger partial charge on any atom is -0.466 e. The van der Waals surface area contributed by atoms with E-state index in [-0.39, 0.29) is 13.4 Å². The van der Waals surface area contributed by atoms with Crippen molar-refractivity contribution in [1.82, 2.24) is 5.32 Å². The number of carbonyl (C=O) groups excluding carboxylic acids is 1. The maximum Gasteiger partial charge on any atom is 0.408 e. The van der Waals surface area contributed by atoms with Gasteiger partial charge in [-0.25, -0.2) is 4.79 Å². The zero-order chi connectivity index (χ0) is 27.1. The number of carbonyl (C=O) groups is 1. The molecule has 0 saturated heterocycles. The molecule has 1 fully saturated rings. The third-order valence-electron chi connectivity index (χ3n) is 6.08. The van der Waals surface area contributed by atoms with E-state index in [1.807, 2.05) is 24.3 Å². The number of aliphatic hydroxyl groups excluding tert-OH is 1. The summed E-state index contributed by atoms with van der Waals surface area (Å²) in [6, 6.07) is 12.3. The molecular formula is C29H38ClNO5S. The minimum atomic E-state index is -0.891. The van der Waals surface area contributed by atoms with Gasteiger partial charge in [-0.15, -0.1) is 6.58 Å². The van der Waals surface area contributed by atoms with Gasteiger partial charge in [-0.1, -0.05) is 41.6 Å². The van der Waals surface area contributed by atoms with E-state index in [1.165, 1.54) is 18.4 Å². The molecule has 0 spiro atoms. The molecule has 2 aromatic carbocycles. The Labute approximate surface area is 229 Å². The predicted octanol–water partition coefficient (Wildman–Crippen LogP) is 7.12. The van der Waals surface area contributed by atoms with Crippen LogP contribution in [0.25, 0.3) is 0 Å². The van der Waals surface area contributed by atoms with Crippen LogP contribution in [0.2, 0.25) is 5.02 Å². The summed E-state index contributed by atoms with van der Waals surface area (Å²) in [5.74, 6) is 1.42. The lowest BCUT2D eigenvalue weighted by atomic mass is 9.88. The van der Waals surface area contributed by atoms with Crippen LogP contribution in [-0.4, -0.2) is 42.8 Å². The normalized spacial score (nSPS) is 15.1. The van der Waals surface area contributed by atoms with Crippen LogP contribution in [0.1, 0.15) is 63.5 Å². The lowest BCUT2D eigenvalue weighted by Gasteiger charge is -2.33. The van der Waals surface area contributed by atoms with Crippen LogP contribution in [0.4, 0.5) is 4.79 Å². The Morgan fingerprint density at radius 1 is 1.24 bits per heavy atom. The third kappa shape index (κ3) is 8.95. The molecule has 0 unspecified atom stereocenters. The Kier molecular flexibility index (Phi) is 10.4. The number of aliphatic hydroxyl groups is 1. The summed E-state index contributed by atoms with van der Waals surface area (Å²) in [5, 5.41) is 13.7. The summed E-state index contributed by atoms with van der Waals surface area (Å²) in [6.45, 7) is 9.14. The fraction of sp³-hybridized carbons (Fsp3) is 0.483. The summed E-state index contributed by atoms with van der Waals surface area (Å²) < 4.78 is 16.3. The van der Waals surface area contributed by atoms with Gasteiger partial charge in [-0.2, -0.15) is 0 Å². The summed E-state index contributed by atoms with van der Waals surface area (Å²) in [5.41, 5.74) is 0.733. The maximum atomic E-state index is 12.4. The average molecular weight is 548 g/mol. The van der Waals surface area contributed by atoms with Gasteiger partial charge in [-0.3, -0.25) is 0 Å². The van der Waals surface area contributed by atoms with Crippen molar-refractivity contribution < 1.29 is 24.1 Å². The second kappa shape index (κ2) is 13.1. The second-order valence-corrected chi connectivity index (χ2v) is 12.0. The zero-order valence-electron chi connectivity index (χ0n) is 22.1. The number of benzene rings is 2. The molecule has 0 heterocycles. The zero-order valence-corrected chi connectivity index (χ0v) is 23.7. The molecule has 0 aliphatic heterocycles. The van der Waals surface area contributed by atoms with E-state index < -0.39 is 17.2 Å². The molecule has 1 amide bonds. The molecule has 1 aliphatic carbocycles. The van der Waals surface area contributed by atoms with E-state index in [2.05, 4.69) is 24.0 Å². The van der Waals surface area contributed by atoms with E-state index in [9.17, 15) is 9.90 Å². The summed E-state index contributed by atoms with van der Waals surface area (Å²) in [4.78, 5) is 14.5. The Morgan fingerprint density at radius 3 is 2.59 bits per heavy atom. The van der Waals surface area contributed by atoms with E-state index >= 15 is 0 Å². The molecule has 2 N–H and O–H groups in total. The van der Waals surface area contributed by atoms with Crippen LogP contribution in [-0.2, 0) is 15.9 Å². The Morgan fingerprint density at radius 2 is 2.00 bits per heavy atom. The fourth-order valence-electron chi connectivity index (χ4n) is 4.01. The minimum absolute atomic E-state index is 0.185. The number of amides is 1. The summed E-state index contributed by atoms with van der Waals surface area (Å²) in [6.07, 6.45) is 5.01. The molecule has 8 heteroatoms. The monoisotopic (exact) mass is 547 g/mol. The van der Waals surface area contributed by atoms with Gasteiger partial charge in [0, 0.05) is 17.0 Å². The van der Waals surface area contributed by atoms with Crippen molar-refractivity contribution >= 4 is 29.5 Å². The molecule has 1 saturated carbocycles. The molecule has 0 radical (unpaired) electrons. The highest BCUT2D eigenvalue weighted by atomic mass is 35.5. The highest BCUT2D eigenvalue weighted by Crippen LogP contribution is 2.44. The second-order valence-electron chi connectivity index (χ2n) is 10.4. The quantitative estimate of drug-likeness (QED) is 0.205. The van der Waals surface area contributed by atoms with Crippen LogP contribution in [0, 0.1) is 0 Å². The number of aryl methyl sites for hydroxylation is 1. The van der Waals surface area contributed by atoms with Gasteiger partial charge in [0.15, 0.2) is 6.79 Å². The highest BCUT2D eigenvalue weighted by molar-refractivity contribution is 7.99.